The molecule has 1 atom stereocenters. The van der Waals surface area contributed by atoms with E-state index in [0.717, 1.165) is 0 Å². The van der Waals surface area contributed by atoms with Gasteiger partial charge in [0.15, 0.2) is 0 Å². The minimum absolute atomic E-state index is 0. The van der Waals surface area contributed by atoms with Crippen molar-refractivity contribution >= 4 is 0 Å². The molecule has 0 amide bonds. The third kappa shape index (κ3) is 4.52. The number of hydrogen-bond acceptors (Lipinski definition) is 0. The van der Waals surface area contributed by atoms with E-state index in [4.69, 9.17) is 0 Å². The second-order valence-corrected chi connectivity index (χ2v) is 3.33. The topological polar surface area (TPSA) is 14.1 Å². The molecule has 2 heteroatoms. The SMILES string of the molecule is CC(C)[N-]C(C)c1ccccc1.[Li+]. The van der Waals surface area contributed by atoms with E-state index in [1.165, 1.54) is 5.56 Å². The Hall–Kier alpha value is -0.223. The summed E-state index contributed by atoms with van der Waals surface area (Å²) in [6, 6.07) is 11.1. The summed E-state index contributed by atoms with van der Waals surface area (Å²) in [5, 5.41) is 4.55. The Morgan fingerprint density at radius 1 is 1.00 bits per heavy atom. The molecule has 0 fully saturated rings. The maximum Gasteiger partial charge on any atom is 1.00 e. The summed E-state index contributed by atoms with van der Waals surface area (Å²) in [5.74, 6) is 0. The quantitative estimate of drug-likeness (QED) is 0.586. The third-order valence-corrected chi connectivity index (χ3v) is 1.80. The van der Waals surface area contributed by atoms with E-state index in [1.54, 1.807) is 0 Å². The van der Waals surface area contributed by atoms with Crippen LogP contribution in [0.4, 0.5) is 0 Å². The second kappa shape index (κ2) is 6.26. The van der Waals surface area contributed by atoms with Crippen molar-refractivity contribution in [3.05, 3.63) is 41.2 Å². The normalized spacial score (nSPS) is 12.3. The van der Waals surface area contributed by atoms with Crippen LogP contribution in [0.2, 0.25) is 0 Å². The van der Waals surface area contributed by atoms with E-state index in [-0.39, 0.29) is 18.9 Å². The van der Waals surface area contributed by atoms with Crippen LogP contribution in [0.1, 0.15) is 32.4 Å². The molecule has 1 nitrogen and oxygen atoms in total. The number of benzene rings is 1. The van der Waals surface area contributed by atoms with Gasteiger partial charge in [0.25, 0.3) is 0 Å². The van der Waals surface area contributed by atoms with E-state index in [1.807, 2.05) is 6.07 Å². The first kappa shape index (κ1) is 12.8. The molecule has 0 aromatic heterocycles. The Kier molecular flexibility index (Phi) is 6.16. The molecule has 13 heavy (non-hydrogen) atoms. The summed E-state index contributed by atoms with van der Waals surface area (Å²) in [5.41, 5.74) is 1.30. The smallest absolute Gasteiger partial charge is 0.654 e. The standard InChI is InChI=1S/C11H16N.Li/c1-9(2)12-10(3)11-7-5-4-6-8-11;/h4-10H,1-3H3;/q-1;+1. The van der Waals surface area contributed by atoms with Crippen molar-refractivity contribution in [3.63, 3.8) is 0 Å². The number of nitrogens with zero attached hydrogens (tertiary/aromatic N) is 1. The zero-order valence-corrected chi connectivity index (χ0v) is 8.99. The van der Waals surface area contributed by atoms with Crippen LogP contribution in [0.5, 0.6) is 0 Å². The first-order chi connectivity index (χ1) is 5.70. The molecule has 0 bridgehead atoms. The van der Waals surface area contributed by atoms with E-state index < -0.39 is 0 Å². The summed E-state index contributed by atoms with van der Waals surface area (Å²) in [7, 11) is 0. The zero-order valence-electron chi connectivity index (χ0n) is 8.99. The summed E-state index contributed by atoms with van der Waals surface area (Å²) < 4.78 is 0. The summed E-state index contributed by atoms with van der Waals surface area (Å²) in [4.78, 5) is 0. The van der Waals surface area contributed by atoms with Gasteiger partial charge < -0.3 is 5.32 Å². The Labute approximate surface area is 93.1 Å². The van der Waals surface area contributed by atoms with Crippen molar-refractivity contribution in [2.75, 3.05) is 0 Å². The molecule has 0 aliphatic rings. The Morgan fingerprint density at radius 2 is 1.54 bits per heavy atom. The van der Waals surface area contributed by atoms with Crippen molar-refractivity contribution in [1.82, 2.24) is 0 Å². The first-order valence-corrected chi connectivity index (χ1v) is 4.45. The minimum atomic E-state index is 0. The summed E-state index contributed by atoms with van der Waals surface area (Å²) in [6.45, 7) is 6.36. The van der Waals surface area contributed by atoms with Crippen LogP contribution in [0.3, 0.4) is 0 Å². The molecule has 0 aliphatic heterocycles. The molecule has 1 aromatic rings. The van der Waals surface area contributed by atoms with Crippen molar-refractivity contribution in [1.29, 1.82) is 0 Å². The van der Waals surface area contributed by atoms with Crippen molar-refractivity contribution in [2.24, 2.45) is 0 Å². The van der Waals surface area contributed by atoms with Crippen LogP contribution in [0.15, 0.2) is 30.3 Å². The van der Waals surface area contributed by atoms with Crippen molar-refractivity contribution in [2.45, 2.75) is 32.9 Å². The summed E-state index contributed by atoms with van der Waals surface area (Å²) in [6.07, 6.45) is 0. The van der Waals surface area contributed by atoms with E-state index in [9.17, 15) is 0 Å². The first-order valence-electron chi connectivity index (χ1n) is 4.45. The van der Waals surface area contributed by atoms with Gasteiger partial charge in [0.1, 0.15) is 0 Å². The van der Waals surface area contributed by atoms with Gasteiger partial charge in [0.2, 0.25) is 0 Å². The van der Waals surface area contributed by atoms with Crippen LogP contribution in [-0.2, 0) is 0 Å². The average Bonchev–Trinajstić information content (AvgIpc) is 2.05. The molecule has 1 aromatic carbocycles. The van der Waals surface area contributed by atoms with Crippen molar-refractivity contribution in [3.8, 4) is 0 Å². The maximum atomic E-state index is 4.55. The Morgan fingerprint density at radius 3 is 2.00 bits per heavy atom. The molecular weight excluding hydrogens is 153 g/mol. The minimum Gasteiger partial charge on any atom is -0.654 e. The average molecular weight is 169 g/mol. The molecule has 0 saturated heterocycles. The predicted molar refractivity (Wildman–Crippen MR) is 53.4 cm³/mol. The third-order valence-electron chi connectivity index (χ3n) is 1.80. The molecule has 0 radical (unpaired) electrons. The van der Waals surface area contributed by atoms with Gasteiger partial charge in [0.05, 0.1) is 0 Å². The zero-order chi connectivity index (χ0) is 8.97. The van der Waals surface area contributed by atoms with Crippen LogP contribution in [-0.4, -0.2) is 6.04 Å². The Bertz CT molecular complexity index is 221. The molecule has 0 heterocycles. The van der Waals surface area contributed by atoms with Crippen LogP contribution in [0.25, 0.3) is 5.32 Å². The van der Waals surface area contributed by atoms with E-state index in [0.29, 0.717) is 12.1 Å². The molecule has 0 aliphatic carbocycles. The molecule has 1 rings (SSSR count). The molecular formula is C11H16LiN. The van der Waals surface area contributed by atoms with Crippen molar-refractivity contribution < 1.29 is 18.9 Å². The van der Waals surface area contributed by atoms with E-state index >= 15 is 0 Å². The predicted octanol–water partition coefficient (Wildman–Crippen LogP) is 0.534. The van der Waals surface area contributed by atoms with Crippen LogP contribution < -0.4 is 18.9 Å². The fourth-order valence-corrected chi connectivity index (χ4v) is 1.26. The molecule has 0 N–H and O–H groups in total. The Balaban J connectivity index is 0.00000144. The van der Waals surface area contributed by atoms with E-state index in [2.05, 4.69) is 50.4 Å². The molecule has 66 valence electrons. The fourth-order valence-electron chi connectivity index (χ4n) is 1.26. The van der Waals surface area contributed by atoms with Gasteiger partial charge in [-0.3, -0.25) is 0 Å². The van der Waals surface area contributed by atoms with Gasteiger partial charge in [-0.25, -0.2) is 0 Å². The summed E-state index contributed by atoms with van der Waals surface area (Å²) >= 11 is 0. The van der Waals surface area contributed by atoms with Gasteiger partial charge in [-0.05, 0) is 0 Å². The van der Waals surface area contributed by atoms with Gasteiger partial charge in [-0.1, -0.05) is 56.7 Å². The fraction of sp³-hybridized carbons (Fsp3) is 0.455. The monoisotopic (exact) mass is 169 g/mol. The van der Waals surface area contributed by atoms with Gasteiger partial charge in [0, 0.05) is 0 Å². The molecule has 0 spiro atoms. The van der Waals surface area contributed by atoms with Crippen LogP contribution in [0, 0.1) is 0 Å². The second-order valence-electron chi connectivity index (χ2n) is 3.33. The van der Waals surface area contributed by atoms with Gasteiger partial charge >= 0.3 is 18.9 Å². The molecule has 0 saturated carbocycles. The number of hydrogen-bond donors (Lipinski definition) is 0. The van der Waals surface area contributed by atoms with Gasteiger partial charge in [-0.2, -0.15) is 0 Å². The number of rotatable bonds is 3. The maximum absolute atomic E-state index is 4.55. The molecule has 1 unspecified atom stereocenters. The van der Waals surface area contributed by atoms with Gasteiger partial charge in [-0.15, -0.1) is 12.1 Å². The van der Waals surface area contributed by atoms with Crippen LogP contribution >= 0.6 is 0 Å². The largest absolute Gasteiger partial charge is 1.00 e.